The van der Waals surface area contributed by atoms with Gasteiger partial charge in [0.2, 0.25) is 0 Å². The maximum Gasteiger partial charge on any atom is 0.270 e. The van der Waals surface area contributed by atoms with Gasteiger partial charge < -0.3 is 0 Å². The zero-order valence-electron chi connectivity index (χ0n) is 8.30. The van der Waals surface area contributed by atoms with Crippen molar-refractivity contribution in [1.29, 1.82) is 0 Å². The quantitative estimate of drug-likeness (QED) is 0.522. The first-order valence-corrected chi connectivity index (χ1v) is 4.81. The van der Waals surface area contributed by atoms with Gasteiger partial charge in [-0.05, 0) is 12.8 Å². The van der Waals surface area contributed by atoms with Crippen molar-refractivity contribution in [2.75, 3.05) is 19.6 Å². The molecule has 0 spiro atoms. The molecule has 15 heavy (non-hydrogen) atoms. The Morgan fingerprint density at radius 2 is 2.20 bits per heavy atom. The summed E-state index contributed by atoms with van der Waals surface area (Å²) in [6.07, 6.45) is -0.754. The molecule has 0 amide bonds. The SMILES string of the molecule is C=C1CN2CC(=C(F)F)CC2(CN=O)C1. The number of fused-ring (bicyclic) bond motifs is 1. The molecular weight excluding hydrogens is 202 g/mol. The van der Waals surface area contributed by atoms with Crippen LogP contribution in [0.3, 0.4) is 0 Å². The van der Waals surface area contributed by atoms with Crippen LogP contribution < -0.4 is 0 Å². The summed E-state index contributed by atoms with van der Waals surface area (Å²) in [5.41, 5.74) is 0.639. The fraction of sp³-hybridized carbons (Fsp3) is 0.600. The molecule has 1 atom stereocenters. The largest absolute Gasteiger partial charge is 0.287 e. The van der Waals surface area contributed by atoms with Crippen LogP contribution >= 0.6 is 0 Å². The Kier molecular flexibility index (Phi) is 2.42. The minimum Gasteiger partial charge on any atom is -0.287 e. The fourth-order valence-electron chi connectivity index (χ4n) is 2.61. The van der Waals surface area contributed by atoms with E-state index in [4.69, 9.17) is 0 Å². The smallest absolute Gasteiger partial charge is 0.270 e. The second-order valence-electron chi connectivity index (χ2n) is 4.34. The van der Waals surface area contributed by atoms with Crippen molar-refractivity contribution in [3.63, 3.8) is 0 Å². The second-order valence-corrected chi connectivity index (χ2v) is 4.34. The lowest BCUT2D eigenvalue weighted by atomic mass is 9.92. The molecule has 2 heterocycles. The number of halogens is 2. The summed E-state index contributed by atoms with van der Waals surface area (Å²) in [6, 6.07) is 0. The van der Waals surface area contributed by atoms with E-state index in [-0.39, 0.29) is 25.1 Å². The monoisotopic (exact) mass is 214 g/mol. The number of hydrogen-bond donors (Lipinski definition) is 0. The zero-order chi connectivity index (χ0) is 11.1. The van der Waals surface area contributed by atoms with Gasteiger partial charge in [-0.1, -0.05) is 17.3 Å². The Balaban J connectivity index is 2.28. The summed E-state index contributed by atoms with van der Waals surface area (Å²) in [4.78, 5) is 12.3. The van der Waals surface area contributed by atoms with Crippen molar-refractivity contribution in [2.45, 2.75) is 18.4 Å². The van der Waals surface area contributed by atoms with E-state index in [1.165, 1.54) is 0 Å². The Morgan fingerprint density at radius 1 is 1.47 bits per heavy atom. The van der Waals surface area contributed by atoms with Gasteiger partial charge in [0.15, 0.2) is 0 Å². The van der Waals surface area contributed by atoms with E-state index >= 15 is 0 Å². The number of hydrogen-bond acceptors (Lipinski definition) is 3. The average Bonchev–Trinajstić information content (AvgIpc) is 2.57. The molecule has 1 unspecified atom stereocenters. The van der Waals surface area contributed by atoms with Crippen LogP contribution in [-0.4, -0.2) is 30.1 Å². The van der Waals surface area contributed by atoms with Gasteiger partial charge in [0, 0.05) is 18.7 Å². The molecule has 5 heteroatoms. The highest BCUT2D eigenvalue weighted by atomic mass is 19.3. The predicted octanol–water partition coefficient (Wildman–Crippen LogP) is 2.31. The van der Waals surface area contributed by atoms with Crippen molar-refractivity contribution in [2.24, 2.45) is 5.18 Å². The summed E-state index contributed by atoms with van der Waals surface area (Å²) < 4.78 is 25.0. The lowest BCUT2D eigenvalue weighted by Crippen LogP contribution is -2.40. The Bertz CT molecular complexity index is 349. The first kappa shape index (κ1) is 10.4. The van der Waals surface area contributed by atoms with E-state index in [9.17, 15) is 13.7 Å². The van der Waals surface area contributed by atoms with Crippen LogP contribution in [0, 0.1) is 4.91 Å². The van der Waals surface area contributed by atoms with Crippen LogP contribution in [-0.2, 0) is 0 Å². The molecular formula is C10H12F2N2O. The lowest BCUT2D eigenvalue weighted by Gasteiger charge is -2.27. The molecule has 0 N–H and O–H groups in total. The maximum absolute atomic E-state index is 12.5. The van der Waals surface area contributed by atoms with E-state index in [2.05, 4.69) is 11.8 Å². The van der Waals surface area contributed by atoms with Gasteiger partial charge >= 0.3 is 0 Å². The second kappa shape index (κ2) is 3.48. The minimum atomic E-state index is -1.61. The first-order chi connectivity index (χ1) is 7.07. The Labute approximate surface area is 86.4 Å². The van der Waals surface area contributed by atoms with Gasteiger partial charge in [-0.15, -0.1) is 0 Å². The highest BCUT2D eigenvalue weighted by Gasteiger charge is 2.49. The normalized spacial score (nSPS) is 30.8. The van der Waals surface area contributed by atoms with E-state index in [1.54, 1.807) is 0 Å². The third-order valence-corrected chi connectivity index (χ3v) is 3.21. The molecule has 0 aromatic carbocycles. The van der Waals surface area contributed by atoms with Crippen LogP contribution in [0.1, 0.15) is 12.8 Å². The van der Waals surface area contributed by atoms with Gasteiger partial charge in [0.25, 0.3) is 6.08 Å². The number of nitrogens with zero attached hydrogens (tertiary/aromatic N) is 2. The minimum absolute atomic E-state index is 0.0722. The Morgan fingerprint density at radius 3 is 2.80 bits per heavy atom. The average molecular weight is 214 g/mol. The highest BCUT2D eigenvalue weighted by molar-refractivity contribution is 5.28. The van der Waals surface area contributed by atoms with Crippen LogP contribution in [0.15, 0.2) is 29.0 Å². The zero-order valence-corrected chi connectivity index (χ0v) is 8.30. The molecule has 2 aliphatic rings. The van der Waals surface area contributed by atoms with Crippen LogP contribution in [0.4, 0.5) is 8.78 Å². The van der Waals surface area contributed by atoms with E-state index in [0.29, 0.717) is 13.0 Å². The van der Waals surface area contributed by atoms with E-state index in [0.717, 1.165) is 5.57 Å². The molecule has 0 aliphatic carbocycles. The van der Waals surface area contributed by atoms with Gasteiger partial charge in [-0.2, -0.15) is 13.7 Å². The molecule has 0 aromatic rings. The molecule has 3 nitrogen and oxygen atoms in total. The molecule has 2 fully saturated rings. The van der Waals surface area contributed by atoms with E-state index in [1.807, 2.05) is 4.90 Å². The van der Waals surface area contributed by atoms with Gasteiger partial charge in [0.1, 0.15) is 6.54 Å². The topological polar surface area (TPSA) is 32.7 Å². The molecule has 2 aliphatic heterocycles. The molecule has 2 rings (SSSR count). The van der Waals surface area contributed by atoms with Gasteiger partial charge in [0.05, 0.1) is 5.54 Å². The standard InChI is InChI=1S/C10H12F2N2O/c1-7-2-10(6-13-15)3-8(9(11)12)5-14(10)4-7/h1-6H2. The van der Waals surface area contributed by atoms with Crippen molar-refractivity contribution in [3.05, 3.63) is 28.7 Å². The highest BCUT2D eigenvalue weighted by Crippen LogP contribution is 2.44. The lowest BCUT2D eigenvalue weighted by molar-refractivity contribution is 0.204. The number of rotatable bonds is 2. The third kappa shape index (κ3) is 1.61. The summed E-state index contributed by atoms with van der Waals surface area (Å²) in [5, 5.41) is 2.88. The first-order valence-electron chi connectivity index (χ1n) is 4.81. The summed E-state index contributed by atoms with van der Waals surface area (Å²) in [7, 11) is 0. The van der Waals surface area contributed by atoms with Crippen LogP contribution in [0.5, 0.6) is 0 Å². The molecule has 0 aromatic heterocycles. The third-order valence-electron chi connectivity index (χ3n) is 3.21. The molecule has 0 radical (unpaired) electrons. The summed E-state index contributed by atoms with van der Waals surface area (Å²) in [5.74, 6) is 0. The van der Waals surface area contributed by atoms with Crippen molar-refractivity contribution < 1.29 is 8.78 Å². The van der Waals surface area contributed by atoms with Crippen molar-refractivity contribution in [3.8, 4) is 0 Å². The molecule has 2 saturated heterocycles. The maximum atomic E-state index is 12.5. The molecule has 0 bridgehead atoms. The van der Waals surface area contributed by atoms with Gasteiger partial charge in [-0.3, -0.25) is 4.90 Å². The van der Waals surface area contributed by atoms with E-state index < -0.39 is 11.6 Å². The summed E-state index contributed by atoms with van der Waals surface area (Å²) >= 11 is 0. The number of nitroso groups, excluding NO2 is 1. The summed E-state index contributed by atoms with van der Waals surface area (Å²) in [6.45, 7) is 4.77. The molecule has 0 saturated carbocycles. The fourth-order valence-corrected chi connectivity index (χ4v) is 2.61. The van der Waals surface area contributed by atoms with Crippen molar-refractivity contribution in [1.82, 2.24) is 4.90 Å². The van der Waals surface area contributed by atoms with Gasteiger partial charge in [-0.25, -0.2) is 0 Å². The van der Waals surface area contributed by atoms with Crippen LogP contribution in [0.25, 0.3) is 0 Å². The van der Waals surface area contributed by atoms with Crippen molar-refractivity contribution >= 4 is 0 Å². The predicted molar refractivity (Wildman–Crippen MR) is 52.6 cm³/mol. The Hall–Kier alpha value is -1.10. The molecule has 82 valence electrons. The van der Waals surface area contributed by atoms with Crippen LogP contribution in [0.2, 0.25) is 0 Å².